The maximum Gasteiger partial charge on any atom is 0.321 e. The van der Waals surface area contributed by atoms with Gasteiger partial charge in [0.05, 0.1) is 6.04 Å². The third-order valence-corrected chi connectivity index (χ3v) is 7.55. The number of nitrogens with one attached hydrogen (secondary N) is 2. The Kier molecular flexibility index (Phi) is 7.04. The van der Waals surface area contributed by atoms with Gasteiger partial charge in [-0.3, -0.25) is 15.0 Å². The predicted octanol–water partition coefficient (Wildman–Crippen LogP) is 1.43. The molecule has 0 radical (unpaired) electrons. The van der Waals surface area contributed by atoms with Gasteiger partial charge in [0, 0.05) is 32.2 Å². The van der Waals surface area contributed by atoms with E-state index in [0.29, 0.717) is 6.07 Å². The van der Waals surface area contributed by atoms with Crippen molar-refractivity contribution in [2.45, 2.75) is 49.6 Å². The zero-order valence-corrected chi connectivity index (χ0v) is 17.6. The van der Waals surface area contributed by atoms with Crippen LogP contribution in [0.2, 0.25) is 0 Å². The van der Waals surface area contributed by atoms with E-state index in [4.69, 9.17) is 0 Å². The first-order chi connectivity index (χ1) is 14.2. The van der Waals surface area contributed by atoms with Crippen LogP contribution in [0, 0.1) is 11.6 Å². The highest BCUT2D eigenvalue weighted by Crippen LogP contribution is 2.22. The second-order valence-electron chi connectivity index (χ2n) is 7.63. The zero-order valence-electron chi connectivity index (χ0n) is 16.7. The van der Waals surface area contributed by atoms with Gasteiger partial charge in [-0.1, -0.05) is 12.8 Å². The smallest absolute Gasteiger partial charge is 0.321 e. The Bertz CT molecular complexity index is 898. The van der Waals surface area contributed by atoms with E-state index in [1.807, 2.05) is 0 Å². The highest BCUT2D eigenvalue weighted by atomic mass is 32.2. The molecule has 1 aliphatic carbocycles. The van der Waals surface area contributed by atoms with Crippen LogP contribution in [0.5, 0.6) is 0 Å². The number of halogens is 2. The molecule has 166 valence electrons. The van der Waals surface area contributed by atoms with Crippen molar-refractivity contribution in [3.05, 3.63) is 29.8 Å². The lowest BCUT2D eigenvalue weighted by molar-refractivity contribution is -0.125. The lowest BCUT2D eigenvalue weighted by Gasteiger charge is -2.36. The first kappa shape index (κ1) is 22.6. The second kappa shape index (κ2) is 9.36. The SMILES string of the molecule is CC(C(=O)NC(=O)NC1CCCC1)N1CCN(S(=O)(=O)c2cc(F)ccc2F)CC1. The van der Waals surface area contributed by atoms with Gasteiger partial charge in [0.1, 0.15) is 16.5 Å². The zero-order chi connectivity index (χ0) is 21.9. The van der Waals surface area contributed by atoms with Crippen LogP contribution in [-0.2, 0) is 14.8 Å². The second-order valence-corrected chi connectivity index (χ2v) is 9.54. The molecule has 30 heavy (non-hydrogen) atoms. The number of hydrogen-bond acceptors (Lipinski definition) is 5. The Hall–Kier alpha value is -2.11. The lowest BCUT2D eigenvalue weighted by Crippen LogP contribution is -2.56. The van der Waals surface area contributed by atoms with Crippen molar-refractivity contribution in [3.63, 3.8) is 0 Å². The molecule has 3 rings (SSSR count). The maximum atomic E-state index is 13.9. The molecule has 1 aromatic carbocycles. The average molecular weight is 445 g/mol. The molecule has 1 unspecified atom stereocenters. The van der Waals surface area contributed by atoms with Gasteiger partial charge in [0.25, 0.3) is 0 Å². The monoisotopic (exact) mass is 444 g/mol. The van der Waals surface area contributed by atoms with Crippen LogP contribution in [0.15, 0.2) is 23.1 Å². The standard InChI is InChI=1S/C19H26F2N4O4S/c1-13(18(26)23-19(27)22-15-4-2-3-5-15)24-8-10-25(11-9-24)30(28,29)17-12-14(20)6-7-16(17)21/h6-7,12-13,15H,2-5,8-11H2,1H3,(H2,22,23,26,27). The summed E-state index contributed by atoms with van der Waals surface area (Å²) < 4.78 is 53.7. The van der Waals surface area contributed by atoms with Crippen LogP contribution in [0.3, 0.4) is 0 Å². The number of nitrogens with zero attached hydrogens (tertiary/aromatic N) is 2. The fourth-order valence-electron chi connectivity index (χ4n) is 3.82. The van der Waals surface area contributed by atoms with Gasteiger partial charge in [-0.25, -0.2) is 22.0 Å². The summed E-state index contributed by atoms with van der Waals surface area (Å²) in [6, 6.07) is 1.22. The van der Waals surface area contributed by atoms with Crippen LogP contribution in [0.1, 0.15) is 32.6 Å². The van der Waals surface area contributed by atoms with Gasteiger partial charge >= 0.3 is 6.03 Å². The van der Waals surface area contributed by atoms with Gasteiger partial charge in [0.15, 0.2) is 0 Å². The largest absolute Gasteiger partial charge is 0.335 e. The topological polar surface area (TPSA) is 98.8 Å². The van der Waals surface area contributed by atoms with Crippen molar-refractivity contribution in [2.75, 3.05) is 26.2 Å². The molecule has 11 heteroatoms. The molecule has 2 fully saturated rings. The summed E-state index contributed by atoms with van der Waals surface area (Å²) in [6.07, 6.45) is 3.92. The third-order valence-electron chi connectivity index (χ3n) is 5.64. The first-order valence-electron chi connectivity index (χ1n) is 9.99. The van der Waals surface area contributed by atoms with Crippen molar-refractivity contribution < 1.29 is 26.8 Å². The molecule has 0 spiro atoms. The van der Waals surface area contributed by atoms with Crippen molar-refractivity contribution in [1.29, 1.82) is 0 Å². The van der Waals surface area contributed by atoms with Crippen molar-refractivity contribution >= 4 is 22.0 Å². The van der Waals surface area contributed by atoms with Gasteiger partial charge in [-0.2, -0.15) is 4.31 Å². The van der Waals surface area contributed by atoms with Gasteiger partial charge in [-0.15, -0.1) is 0 Å². The Morgan fingerprint density at radius 1 is 1.10 bits per heavy atom. The van der Waals surface area contributed by atoms with E-state index in [1.165, 1.54) is 0 Å². The van der Waals surface area contributed by atoms with Gasteiger partial charge in [0.2, 0.25) is 15.9 Å². The number of amides is 3. The van der Waals surface area contributed by atoms with E-state index in [-0.39, 0.29) is 32.2 Å². The van der Waals surface area contributed by atoms with Gasteiger partial charge in [-0.05, 0) is 38.0 Å². The Morgan fingerprint density at radius 2 is 1.73 bits per heavy atom. The molecule has 1 saturated heterocycles. The van der Waals surface area contributed by atoms with E-state index in [9.17, 15) is 26.8 Å². The summed E-state index contributed by atoms with van der Waals surface area (Å²) in [6.45, 7) is 2.10. The molecule has 1 saturated carbocycles. The fraction of sp³-hybridized carbons (Fsp3) is 0.579. The first-order valence-corrected chi connectivity index (χ1v) is 11.4. The fourth-order valence-corrected chi connectivity index (χ4v) is 5.32. The van der Waals surface area contributed by atoms with Gasteiger partial charge < -0.3 is 5.32 Å². The molecule has 8 nitrogen and oxygen atoms in total. The molecule has 2 N–H and O–H groups in total. The number of urea groups is 1. The van der Waals surface area contributed by atoms with E-state index < -0.39 is 44.5 Å². The minimum atomic E-state index is -4.19. The molecular weight excluding hydrogens is 418 g/mol. The van der Waals surface area contributed by atoms with E-state index in [1.54, 1.807) is 11.8 Å². The minimum Gasteiger partial charge on any atom is -0.335 e. The molecule has 3 amide bonds. The van der Waals surface area contributed by atoms with E-state index in [2.05, 4.69) is 10.6 Å². The number of piperazine rings is 1. The molecule has 1 heterocycles. The summed E-state index contributed by atoms with van der Waals surface area (Å²) in [5.41, 5.74) is 0. The van der Waals surface area contributed by atoms with Crippen LogP contribution >= 0.6 is 0 Å². The highest BCUT2D eigenvalue weighted by molar-refractivity contribution is 7.89. The van der Waals surface area contributed by atoms with Crippen molar-refractivity contribution in [3.8, 4) is 0 Å². The predicted molar refractivity (Wildman–Crippen MR) is 105 cm³/mol. The number of rotatable bonds is 5. The molecular formula is C19H26F2N4O4S. The van der Waals surface area contributed by atoms with Crippen molar-refractivity contribution in [2.24, 2.45) is 0 Å². The number of imide groups is 1. The summed E-state index contributed by atoms with van der Waals surface area (Å²) in [5.74, 6) is -2.33. The summed E-state index contributed by atoms with van der Waals surface area (Å²) in [7, 11) is -4.19. The Morgan fingerprint density at radius 3 is 2.37 bits per heavy atom. The third kappa shape index (κ3) is 5.13. The van der Waals surface area contributed by atoms with Crippen LogP contribution in [-0.4, -0.2) is 67.8 Å². The normalized spacial score (nSPS) is 20.1. The van der Waals surface area contributed by atoms with Crippen LogP contribution in [0.4, 0.5) is 13.6 Å². The number of sulfonamides is 1. The van der Waals surface area contributed by atoms with Crippen LogP contribution < -0.4 is 10.6 Å². The lowest BCUT2D eigenvalue weighted by atomic mass is 10.2. The number of carbonyl (C=O) groups excluding carboxylic acids is 2. The molecule has 1 aromatic rings. The summed E-state index contributed by atoms with van der Waals surface area (Å²) in [4.78, 5) is 25.4. The molecule has 1 atom stereocenters. The van der Waals surface area contributed by atoms with Crippen molar-refractivity contribution in [1.82, 2.24) is 19.8 Å². The maximum absolute atomic E-state index is 13.9. The molecule has 0 aromatic heterocycles. The highest BCUT2D eigenvalue weighted by Gasteiger charge is 2.34. The number of hydrogen-bond donors (Lipinski definition) is 2. The Labute approximate surface area is 174 Å². The van der Waals surface area contributed by atoms with E-state index in [0.717, 1.165) is 42.1 Å². The average Bonchev–Trinajstić information content (AvgIpc) is 3.22. The molecule has 2 aliphatic rings. The summed E-state index contributed by atoms with van der Waals surface area (Å²) >= 11 is 0. The Balaban J connectivity index is 1.54. The minimum absolute atomic E-state index is 0.0180. The molecule has 1 aliphatic heterocycles. The summed E-state index contributed by atoms with van der Waals surface area (Å²) in [5, 5.41) is 5.11. The van der Waals surface area contributed by atoms with E-state index >= 15 is 0 Å². The number of benzene rings is 1. The number of carbonyl (C=O) groups is 2. The quantitative estimate of drug-likeness (QED) is 0.716. The van der Waals surface area contributed by atoms with Crippen LogP contribution in [0.25, 0.3) is 0 Å². The molecule has 0 bridgehead atoms.